The Morgan fingerprint density at radius 3 is 3.00 bits per heavy atom. The average molecular weight is 288 g/mol. The maximum absolute atomic E-state index is 12.5. The standard InChI is InChI=1S/C15H20N4O2/c1-16-13(20)11-3-2-5-15(11)6-8-19(9-15)14(21)12-4-7-17-10-18-12/h4,7,10-11H,2-3,5-6,8-9H2,1H3,(H,16,20)/t11-,15+/m0/s1. The van der Waals surface area contributed by atoms with Crippen molar-refractivity contribution in [2.24, 2.45) is 11.3 Å². The smallest absolute Gasteiger partial charge is 0.272 e. The monoisotopic (exact) mass is 288 g/mol. The van der Waals surface area contributed by atoms with Gasteiger partial charge in [0.15, 0.2) is 0 Å². The van der Waals surface area contributed by atoms with Crippen LogP contribution in [0.25, 0.3) is 0 Å². The maximum Gasteiger partial charge on any atom is 0.272 e. The third-order valence-electron chi connectivity index (χ3n) is 4.94. The number of carbonyl (C=O) groups excluding carboxylic acids is 2. The number of hydrogen-bond acceptors (Lipinski definition) is 4. The molecule has 1 saturated heterocycles. The Bertz CT molecular complexity index is 548. The minimum absolute atomic E-state index is 0.0331. The number of hydrogen-bond donors (Lipinski definition) is 1. The van der Waals surface area contributed by atoms with Crippen molar-refractivity contribution in [1.29, 1.82) is 0 Å². The quantitative estimate of drug-likeness (QED) is 0.875. The van der Waals surface area contributed by atoms with E-state index in [1.165, 1.54) is 6.33 Å². The molecule has 112 valence electrons. The molecular weight excluding hydrogens is 268 g/mol. The Balaban J connectivity index is 1.76. The predicted octanol–water partition coefficient (Wildman–Crippen LogP) is 0.855. The van der Waals surface area contributed by atoms with Crippen LogP contribution < -0.4 is 5.32 Å². The van der Waals surface area contributed by atoms with Gasteiger partial charge >= 0.3 is 0 Å². The number of aromatic nitrogens is 2. The summed E-state index contributed by atoms with van der Waals surface area (Å²) in [6.07, 6.45) is 6.89. The molecule has 1 saturated carbocycles. The molecule has 0 unspecified atom stereocenters. The summed E-state index contributed by atoms with van der Waals surface area (Å²) in [6, 6.07) is 1.64. The number of nitrogens with zero attached hydrogens (tertiary/aromatic N) is 3. The zero-order valence-electron chi connectivity index (χ0n) is 12.2. The summed E-state index contributed by atoms with van der Waals surface area (Å²) in [5.74, 6) is 0.0892. The Kier molecular flexibility index (Phi) is 3.61. The Morgan fingerprint density at radius 1 is 1.43 bits per heavy atom. The van der Waals surface area contributed by atoms with Gasteiger partial charge in [0.25, 0.3) is 5.91 Å². The van der Waals surface area contributed by atoms with Crippen molar-refractivity contribution < 1.29 is 9.59 Å². The van der Waals surface area contributed by atoms with Gasteiger partial charge in [0.1, 0.15) is 12.0 Å². The summed E-state index contributed by atoms with van der Waals surface area (Å²) in [7, 11) is 1.69. The number of amides is 2. The molecule has 2 heterocycles. The molecule has 2 amide bonds. The molecule has 0 radical (unpaired) electrons. The van der Waals surface area contributed by atoms with Crippen molar-refractivity contribution in [3.8, 4) is 0 Å². The second-order valence-corrected chi connectivity index (χ2v) is 5.99. The van der Waals surface area contributed by atoms with Crippen LogP contribution >= 0.6 is 0 Å². The number of rotatable bonds is 2. The molecule has 21 heavy (non-hydrogen) atoms. The molecule has 6 heteroatoms. The fraction of sp³-hybridized carbons (Fsp3) is 0.600. The second-order valence-electron chi connectivity index (χ2n) is 5.99. The van der Waals surface area contributed by atoms with Crippen molar-refractivity contribution in [3.05, 3.63) is 24.3 Å². The first-order valence-electron chi connectivity index (χ1n) is 7.43. The number of carbonyl (C=O) groups is 2. The topological polar surface area (TPSA) is 75.2 Å². The van der Waals surface area contributed by atoms with E-state index >= 15 is 0 Å². The van der Waals surface area contributed by atoms with Crippen LogP contribution in [0.15, 0.2) is 18.6 Å². The van der Waals surface area contributed by atoms with Crippen molar-refractivity contribution in [1.82, 2.24) is 20.2 Å². The van der Waals surface area contributed by atoms with Gasteiger partial charge in [-0.05, 0) is 25.3 Å². The van der Waals surface area contributed by atoms with E-state index in [-0.39, 0.29) is 23.1 Å². The first-order valence-corrected chi connectivity index (χ1v) is 7.43. The van der Waals surface area contributed by atoms with Gasteiger partial charge in [0.2, 0.25) is 5.91 Å². The normalized spacial score (nSPS) is 28.0. The average Bonchev–Trinajstić information content (AvgIpc) is 3.14. The van der Waals surface area contributed by atoms with Gasteiger partial charge < -0.3 is 10.2 Å². The van der Waals surface area contributed by atoms with E-state index < -0.39 is 0 Å². The van der Waals surface area contributed by atoms with E-state index in [2.05, 4.69) is 15.3 Å². The van der Waals surface area contributed by atoms with E-state index in [1.54, 1.807) is 19.3 Å². The van der Waals surface area contributed by atoms with Crippen molar-refractivity contribution in [2.75, 3.05) is 20.1 Å². The third kappa shape index (κ3) is 2.39. The zero-order valence-corrected chi connectivity index (χ0v) is 12.2. The lowest BCUT2D eigenvalue weighted by molar-refractivity contribution is -0.127. The van der Waals surface area contributed by atoms with Crippen LogP contribution in [0.3, 0.4) is 0 Å². The fourth-order valence-corrected chi connectivity index (χ4v) is 3.86. The van der Waals surface area contributed by atoms with E-state index in [4.69, 9.17) is 0 Å². The van der Waals surface area contributed by atoms with E-state index in [9.17, 15) is 9.59 Å². The van der Waals surface area contributed by atoms with Crippen LogP contribution in [0.2, 0.25) is 0 Å². The third-order valence-corrected chi connectivity index (χ3v) is 4.94. The first-order chi connectivity index (χ1) is 10.2. The van der Waals surface area contributed by atoms with Crippen LogP contribution in [0.4, 0.5) is 0 Å². The first kappa shape index (κ1) is 14.0. The second kappa shape index (κ2) is 5.42. The van der Waals surface area contributed by atoms with Gasteiger partial charge in [0.05, 0.1) is 0 Å². The van der Waals surface area contributed by atoms with Crippen molar-refractivity contribution in [2.45, 2.75) is 25.7 Å². The summed E-state index contributed by atoms with van der Waals surface area (Å²) >= 11 is 0. The highest BCUT2D eigenvalue weighted by atomic mass is 16.2. The lowest BCUT2D eigenvalue weighted by Gasteiger charge is -2.30. The SMILES string of the molecule is CNC(=O)[C@@H]1CCC[C@]12CCN(C(=O)c1ccncn1)C2. The van der Waals surface area contributed by atoms with Crippen molar-refractivity contribution >= 4 is 11.8 Å². The summed E-state index contributed by atoms with van der Waals surface area (Å²) in [6.45, 7) is 1.37. The van der Waals surface area contributed by atoms with Crippen LogP contribution in [-0.2, 0) is 4.79 Å². The molecule has 0 aromatic carbocycles. The summed E-state index contributed by atoms with van der Waals surface area (Å²) in [4.78, 5) is 34.3. The van der Waals surface area contributed by atoms with Gasteiger partial charge in [0, 0.05) is 37.7 Å². The molecule has 6 nitrogen and oxygen atoms in total. The molecule has 1 spiro atoms. The van der Waals surface area contributed by atoms with E-state index in [0.29, 0.717) is 18.8 Å². The van der Waals surface area contributed by atoms with Gasteiger partial charge in [-0.25, -0.2) is 9.97 Å². The van der Waals surface area contributed by atoms with Crippen LogP contribution in [0, 0.1) is 11.3 Å². The molecule has 2 fully saturated rings. The zero-order chi connectivity index (χ0) is 14.9. The highest BCUT2D eigenvalue weighted by Gasteiger charge is 2.51. The summed E-state index contributed by atoms with van der Waals surface area (Å²) < 4.78 is 0. The van der Waals surface area contributed by atoms with Gasteiger partial charge in [-0.3, -0.25) is 9.59 Å². The Labute approximate surface area is 124 Å². The maximum atomic E-state index is 12.5. The highest BCUT2D eigenvalue weighted by Crippen LogP contribution is 2.49. The summed E-state index contributed by atoms with van der Waals surface area (Å²) in [5, 5.41) is 2.77. The van der Waals surface area contributed by atoms with Gasteiger partial charge in [-0.2, -0.15) is 0 Å². The largest absolute Gasteiger partial charge is 0.359 e. The lowest BCUT2D eigenvalue weighted by Crippen LogP contribution is -2.40. The molecular formula is C15H20N4O2. The number of nitrogens with one attached hydrogen (secondary N) is 1. The lowest BCUT2D eigenvalue weighted by atomic mass is 9.76. The van der Waals surface area contributed by atoms with Crippen LogP contribution in [-0.4, -0.2) is 46.8 Å². The fourth-order valence-electron chi connectivity index (χ4n) is 3.86. The van der Waals surface area contributed by atoms with E-state index in [1.807, 2.05) is 4.90 Å². The predicted molar refractivity (Wildman–Crippen MR) is 76.4 cm³/mol. The summed E-state index contributed by atoms with van der Waals surface area (Å²) in [5.41, 5.74) is 0.388. The minimum Gasteiger partial charge on any atom is -0.359 e. The minimum atomic E-state index is -0.0585. The van der Waals surface area contributed by atoms with E-state index in [0.717, 1.165) is 25.7 Å². The highest BCUT2D eigenvalue weighted by molar-refractivity contribution is 5.92. The Morgan fingerprint density at radius 2 is 2.29 bits per heavy atom. The van der Waals surface area contributed by atoms with Gasteiger partial charge in [-0.1, -0.05) is 6.42 Å². The Hall–Kier alpha value is -1.98. The molecule has 2 atom stereocenters. The van der Waals surface area contributed by atoms with Crippen LogP contribution in [0.5, 0.6) is 0 Å². The molecule has 2 aliphatic rings. The molecule has 3 rings (SSSR count). The van der Waals surface area contributed by atoms with Crippen LogP contribution in [0.1, 0.15) is 36.2 Å². The molecule has 1 aromatic rings. The molecule has 1 aliphatic carbocycles. The number of likely N-dealkylation sites (tertiary alicyclic amines) is 1. The molecule has 1 aromatic heterocycles. The molecule has 1 N–H and O–H groups in total. The van der Waals surface area contributed by atoms with Crippen molar-refractivity contribution in [3.63, 3.8) is 0 Å². The molecule has 0 bridgehead atoms. The molecule has 1 aliphatic heterocycles. The van der Waals surface area contributed by atoms with Gasteiger partial charge in [-0.15, -0.1) is 0 Å².